The molecule has 2 aromatic heterocycles. The van der Waals surface area contributed by atoms with Gasteiger partial charge in [-0.2, -0.15) is 13.2 Å². The number of carbonyl (C=O) groups excluding carboxylic acids is 1. The summed E-state index contributed by atoms with van der Waals surface area (Å²) >= 11 is 0. The van der Waals surface area contributed by atoms with Crippen molar-refractivity contribution in [2.24, 2.45) is 0 Å². The molecule has 1 aliphatic rings. The van der Waals surface area contributed by atoms with Crippen LogP contribution in [0.15, 0.2) is 27.9 Å². The maximum absolute atomic E-state index is 12.6. The lowest BCUT2D eigenvalue weighted by Gasteiger charge is -2.33. The molecule has 0 saturated carbocycles. The molecule has 30 heavy (non-hydrogen) atoms. The number of piperidine rings is 1. The topological polar surface area (TPSA) is 111 Å². The highest BCUT2D eigenvalue weighted by molar-refractivity contribution is 5.76. The number of nitrogens with one attached hydrogen (secondary N) is 3. The number of hydrogen-bond donors (Lipinski definition) is 3. The lowest BCUT2D eigenvalue weighted by Crippen LogP contribution is -2.45. The standard InChI is InChI=1S/C19H22F3N5O3/c1-11-14(17(29)26-18(30)24-11)3-5-16(28)25-13-6-8-27(9-7-13)15-4-2-12(10-23-15)19(20,21)22/h2,4,10,13H,3,5-9H2,1H3,(H,25,28)(H2,24,26,29,30). The maximum Gasteiger partial charge on any atom is 0.417 e. The number of amides is 1. The van der Waals surface area contributed by atoms with Gasteiger partial charge in [-0.25, -0.2) is 9.78 Å². The van der Waals surface area contributed by atoms with E-state index in [1.165, 1.54) is 6.07 Å². The Bertz CT molecular complexity index is 1010. The molecular formula is C19H22F3N5O3. The van der Waals surface area contributed by atoms with Crippen LogP contribution in [0.4, 0.5) is 19.0 Å². The van der Waals surface area contributed by atoms with Crippen molar-refractivity contribution in [3.05, 3.63) is 56.0 Å². The highest BCUT2D eigenvalue weighted by atomic mass is 19.4. The molecule has 0 atom stereocenters. The molecular weight excluding hydrogens is 403 g/mol. The number of aromatic amines is 2. The molecule has 1 saturated heterocycles. The summed E-state index contributed by atoms with van der Waals surface area (Å²) in [7, 11) is 0. The second-order valence-electron chi connectivity index (χ2n) is 7.24. The first-order valence-electron chi connectivity index (χ1n) is 9.53. The van der Waals surface area contributed by atoms with E-state index in [2.05, 4.69) is 20.3 Å². The van der Waals surface area contributed by atoms with Gasteiger partial charge >= 0.3 is 11.9 Å². The van der Waals surface area contributed by atoms with E-state index in [4.69, 9.17) is 0 Å². The van der Waals surface area contributed by atoms with Gasteiger partial charge in [-0.15, -0.1) is 0 Å². The molecule has 0 bridgehead atoms. The monoisotopic (exact) mass is 425 g/mol. The van der Waals surface area contributed by atoms with Crippen molar-refractivity contribution in [2.45, 2.75) is 44.8 Å². The third-order valence-electron chi connectivity index (χ3n) is 5.12. The van der Waals surface area contributed by atoms with Crippen molar-refractivity contribution >= 4 is 11.7 Å². The van der Waals surface area contributed by atoms with Crippen molar-refractivity contribution in [3.8, 4) is 0 Å². The van der Waals surface area contributed by atoms with Crippen molar-refractivity contribution < 1.29 is 18.0 Å². The molecule has 0 unspecified atom stereocenters. The van der Waals surface area contributed by atoms with E-state index in [9.17, 15) is 27.6 Å². The smallest absolute Gasteiger partial charge is 0.356 e. The summed E-state index contributed by atoms with van der Waals surface area (Å²) in [6, 6.07) is 2.31. The van der Waals surface area contributed by atoms with Crippen LogP contribution in [-0.4, -0.2) is 40.0 Å². The summed E-state index contributed by atoms with van der Waals surface area (Å²) in [4.78, 5) is 45.7. The third-order valence-corrected chi connectivity index (χ3v) is 5.12. The molecule has 0 aromatic carbocycles. The summed E-state index contributed by atoms with van der Waals surface area (Å²) in [5.74, 6) is 0.270. The number of anilines is 1. The maximum atomic E-state index is 12.6. The largest absolute Gasteiger partial charge is 0.417 e. The minimum absolute atomic E-state index is 0.0573. The number of aryl methyl sites for hydroxylation is 1. The van der Waals surface area contributed by atoms with E-state index in [1.807, 2.05) is 4.90 Å². The lowest BCUT2D eigenvalue weighted by atomic mass is 10.0. The van der Waals surface area contributed by atoms with Crippen LogP contribution >= 0.6 is 0 Å². The van der Waals surface area contributed by atoms with Gasteiger partial charge in [-0.3, -0.25) is 14.6 Å². The van der Waals surface area contributed by atoms with Crippen molar-refractivity contribution in [1.82, 2.24) is 20.3 Å². The zero-order chi connectivity index (χ0) is 21.9. The normalized spacial score (nSPS) is 15.3. The van der Waals surface area contributed by atoms with Crippen LogP contribution < -0.4 is 21.5 Å². The van der Waals surface area contributed by atoms with Crippen molar-refractivity contribution in [1.29, 1.82) is 0 Å². The molecule has 0 radical (unpaired) electrons. The predicted molar refractivity (Wildman–Crippen MR) is 103 cm³/mol. The Hall–Kier alpha value is -3.11. The van der Waals surface area contributed by atoms with Crippen LogP contribution in [0.5, 0.6) is 0 Å². The molecule has 1 amide bonds. The average molecular weight is 425 g/mol. The van der Waals surface area contributed by atoms with E-state index in [1.54, 1.807) is 6.92 Å². The van der Waals surface area contributed by atoms with E-state index >= 15 is 0 Å². The highest BCUT2D eigenvalue weighted by Crippen LogP contribution is 2.29. The first kappa shape index (κ1) is 21.6. The van der Waals surface area contributed by atoms with Crippen molar-refractivity contribution in [3.63, 3.8) is 0 Å². The Balaban J connectivity index is 1.48. The number of pyridine rings is 1. The molecule has 11 heteroatoms. The van der Waals surface area contributed by atoms with Gasteiger partial charge in [0.05, 0.1) is 5.56 Å². The van der Waals surface area contributed by atoms with Crippen LogP contribution in [0.3, 0.4) is 0 Å². The van der Waals surface area contributed by atoms with Gasteiger partial charge < -0.3 is 15.2 Å². The van der Waals surface area contributed by atoms with Gasteiger partial charge in [0.2, 0.25) is 5.91 Å². The fraction of sp³-hybridized carbons (Fsp3) is 0.474. The zero-order valence-corrected chi connectivity index (χ0v) is 16.3. The number of hydrogen-bond acceptors (Lipinski definition) is 5. The number of aromatic nitrogens is 3. The van der Waals surface area contributed by atoms with Crippen LogP contribution in [0, 0.1) is 6.92 Å². The summed E-state index contributed by atoms with van der Waals surface area (Å²) < 4.78 is 37.9. The Morgan fingerprint density at radius 2 is 1.93 bits per heavy atom. The fourth-order valence-corrected chi connectivity index (χ4v) is 3.46. The minimum atomic E-state index is -4.42. The lowest BCUT2D eigenvalue weighted by molar-refractivity contribution is -0.137. The highest BCUT2D eigenvalue weighted by Gasteiger charge is 2.31. The first-order chi connectivity index (χ1) is 14.1. The molecule has 0 spiro atoms. The van der Waals surface area contributed by atoms with Crippen LogP contribution in [-0.2, 0) is 17.4 Å². The van der Waals surface area contributed by atoms with Gasteiger partial charge in [0, 0.05) is 43.0 Å². The number of nitrogens with zero attached hydrogens (tertiary/aromatic N) is 2. The Kier molecular flexibility index (Phi) is 6.28. The second kappa shape index (κ2) is 8.72. The van der Waals surface area contributed by atoms with Gasteiger partial charge in [-0.05, 0) is 38.3 Å². The number of rotatable bonds is 5. The molecule has 1 aliphatic heterocycles. The number of H-pyrrole nitrogens is 2. The summed E-state index contributed by atoms with van der Waals surface area (Å²) in [5.41, 5.74) is -1.06. The van der Waals surface area contributed by atoms with Gasteiger partial charge in [-0.1, -0.05) is 0 Å². The summed E-state index contributed by atoms with van der Waals surface area (Å²) in [6.45, 7) is 2.72. The molecule has 162 valence electrons. The van der Waals surface area contributed by atoms with Gasteiger partial charge in [0.15, 0.2) is 0 Å². The molecule has 2 aromatic rings. The Morgan fingerprint density at radius 3 is 2.50 bits per heavy atom. The van der Waals surface area contributed by atoms with Crippen molar-refractivity contribution in [2.75, 3.05) is 18.0 Å². The molecule has 3 heterocycles. The SMILES string of the molecule is Cc1[nH]c(=O)[nH]c(=O)c1CCC(=O)NC1CCN(c2ccc(C(F)(F)F)cn2)CC1. The number of carbonyl (C=O) groups is 1. The zero-order valence-electron chi connectivity index (χ0n) is 16.3. The number of alkyl halides is 3. The van der Waals surface area contributed by atoms with Gasteiger partial charge in [0.1, 0.15) is 5.82 Å². The van der Waals surface area contributed by atoms with Crippen LogP contribution in [0.25, 0.3) is 0 Å². The molecule has 3 N–H and O–H groups in total. The fourth-order valence-electron chi connectivity index (χ4n) is 3.46. The summed E-state index contributed by atoms with van der Waals surface area (Å²) in [6.07, 6.45) is -2.01. The van der Waals surface area contributed by atoms with Gasteiger partial charge in [0.25, 0.3) is 5.56 Å². The van der Waals surface area contributed by atoms with E-state index < -0.39 is 23.0 Å². The minimum Gasteiger partial charge on any atom is -0.356 e. The third kappa shape index (κ3) is 5.28. The first-order valence-corrected chi connectivity index (χ1v) is 9.53. The molecule has 3 rings (SSSR count). The summed E-state index contributed by atoms with van der Waals surface area (Å²) in [5, 5.41) is 2.92. The van der Waals surface area contributed by atoms with Crippen LogP contribution in [0.1, 0.15) is 36.1 Å². The van der Waals surface area contributed by atoms with E-state index in [0.717, 1.165) is 12.3 Å². The molecule has 8 nitrogen and oxygen atoms in total. The van der Waals surface area contributed by atoms with E-state index in [0.29, 0.717) is 43.0 Å². The Morgan fingerprint density at radius 1 is 1.23 bits per heavy atom. The van der Waals surface area contributed by atoms with Crippen LogP contribution in [0.2, 0.25) is 0 Å². The Labute approximate surface area is 169 Å². The molecule has 1 fully saturated rings. The number of halogens is 3. The predicted octanol–water partition coefficient (Wildman–Crippen LogP) is 1.50. The second-order valence-corrected chi connectivity index (χ2v) is 7.24. The van der Waals surface area contributed by atoms with E-state index in [-0.39, 0.29) is 24.8 Å². The average Bonchev–Trinajstić information content (AvgIpc) is 2.67. The molecule has 0 aliphatic carbocycles. The quantitative estimate of drug-likeness (QED) is 0.673.